The van der Waals surface area contributed by atoms with Crippen molar-refractivity contribution in [1.29, 1.82) is 0 Å². The highest BCUT2D eigenvalue weighted by atomic mass is 19.1. The molecule has 2 amide bonds. The highest BCUT2D eigenvalue weighted by molar-refractivity contribution is 5.90. The van der Waals surface area contributed by atoms with E-state index in [1.807, 2.05) is 24.3 Å². The molecule has 9 heteroatoms. The van der Waals surface area contributed by atoms with Gasteiger partial charge in [0.1, 0.15) is 5.82 Å². The number of hydrogen-bond donors (Lipinski definition) is 2. The SMILES string of the molecule is O=C(CCCOc1ccc(F)cc1F)NCc1cccc(NC(=O)CCN2CCOCC2)c1. The molecule has 0 unspecified atom stereocenters. The Morgan fingerprint density at radius 3 is 2.64 bits per heavy atom. The van der Waals surface area contributed by atoms with Gasteiger partial charge in [0.05, 0.1) is 19.8 Å². The van der Waals surface area contributed by atoms with E-state index in [1.54, 1.807) is 0 Å². The molecule has 178 valence electrons. The van der Waals surface area contributed by atoms with Crippen LogP contribution in [-0.2, 0) is 20.9 Å². The summed E-state index contributed by atoms with van der Waals surface area (Å²) in [5.74, 6) is -1.71. The lowest BCUT2D eigenvalue weighted by Crippen LogP contribution is -2.38. The zero-order chi connectivity index (χ0) is 23.5. The standard InChI is InChI=1S/C24H29F2N3O4/c25-19-6-7-22(21(26)16-19)33-12-2-5-23(30)27-17-18-3-1-4-20(15-18)28-24(31)8-9-29-10-13-32-14-11-29/h1,3-4,6-7,15-16H,2,5,8-14,17H2,(H,27,30)(H,28,31). The first-order valence-electron chi connectivity index (χ1n) is 11.0. The third kappa shape index (κ3) is 8.78. The Balaban J connectivity index is 1.33. The maximum atomic E-state index is 13.5. The lowest BCUT2D eigenvalue weighted by molar-refractivity contribution is -0.121. The van der Waals surface area contributed by atoms with Crippen LogP contribution >= 0.6 is 0 Å². The van der Waals surface area contributed by atoms with Crippen molar-refractivity contribution in [2.45, 2.75) is 25.8 Å². The van der Waals surface area contributed by atoms with Crippen LogP contribution in [-0.4, -0.2) is 56.2 Å². The van der Waals surface area contributed by atoms with Gasteiger partial charge in [0.15, 0.2) is 11.6 Å². The molecule has 1 saturated heterocycles. The summed E-state index contributed by atoms with van der Waals surface area (Å²) in [6, 6.07) is 10.4. The summed E-state index contributed by atoms with van der Waals surface area (Å²) in [4.78, 5) is 26.5. The number of halogens is 2. The van der Waals surface area contributed by atoms with Crippen LogP contribution in [0.2, 0.25) is 0 Å². The molecule has 0 aromatic heterocycles. The van der Waals surface area contributed by atoms with E-state index in [1.165, 1.54) is 6.07 Å². The van der Waals surface area contributed by atoms with Crippen LogP contribution in [0.5, 0.6) is 5.75 Å². The summed E-state index contributed by atoms with van der Waals surface area (Å²) >= 11 is 0. The fourth-order valence-electron chi connectivity index (χ4n) is 3.36. The van der Waals surface area contributed by atoms with Crippen LogP contribution in [0.1, 0.15) is 24.8 Å². The molecule has 0 bridgehead atoms. The molecular weight excluding hydrogens is 432 g/mol. The van der Waals surface area contributed by atoms with Gasteiger partial charge in [-0.1, -0.05) is 12.1 Å². The van der Waals surface area contributed by atoms with Crippen LogP contribution in [0, 0.1) is 11.6 Å². The molecular formula is C24H29F2N3O4. The van der Waals surface area contributed by atoms with Crippen molar-refractivity contribution in [2.75, 3.05) is 44.8 Å². The van der Waals surface area contributed by atoms with E-state index in [4.69, 9.17) is 9.47 Å². The third-order valence-corrected chi connectivity index (χ3v) is 5.16. The largest absolute Gasteiger partial charge is 0.491 e. The molecule has 0 saturated carbocycles. The molecule has 1 aliphatic rings. The number of carbonyl (C=O) groups is 2. The quantitative estimate of drug-likeness (QED) is 0.503. The number of nitrogens with zero attached hydrogens (tertiary/aromatic N) is 1. The van der Waals surface area contributed by atoms with Crippen LogP contribution in [0.15, 0.2) is 42.5 Å². The van der Waals surface area contributed by atoms with Crippen molar-refractivity contribution in [2.24, 2.45) is 0 Å². The van der Waals surface area contributed by atoms with E-state index in [2.05, 4.69) is 15.5 Å². The molecule has 3 rings (SSSR count). The second-order valence-corrected chi connectivity index (χ2v) is 7.76. The minimum absolute atomic E-state index is 0.0411. The minimum atomic E-state index is -0.771. The smallest absolute Gasteiger partial charge is 0.225 e. The zero-order valence-electron chi connectivity index (χ0n) is 18.4. The third-order valence-electron chi connectivity index (χ3n) is 5.16. The van der Waals surface area contributed by atoms with Crippen LogP contribution < -0.4 is 15.4 Å². The Hall–Kier alpha value is -3.04. The van der Waals surface area contributed by atoms with E-state index in [9.17, 15) is 18.4 Å². The average molecular weight is 462 g/mol. The van der Waals surface area contributed by atoms with Crippen LogP contribution in [0.4, 0.5) is 14.5 Å². The van der Waals surface area contributed by atoms with Gasteiger partial charge in [0.2, 0.25) is 11.8 Å². The molecule has 0 radical (unpaired) electrons. The summed E-state index contributed by atoms with van der Waals surface area (Å²) in [7, 11) is 0. The van der Waals surface area contributed by atoms with Gasteiger partial charge in [-0.05, 0) is 36.2 Å². The monoisotopic (exact) mass is 461 g/mol. The Kier molecular flexibility index (Phi) is 9.59. The molecule has 1 heterocycles. The van der Waals surface area contributed by atoms with E-state index >= 15 is 0 Å². The number of amides is 2. The van der Waals surface area contributed by atoms with Gasteiger partial charge >= 0.3 is 0 Å². The van der Waals surface area contributed by atoms with Gasteiger partial charge in [-0.15, -0.1) is 0 Å². The molecule has 1 fully saturated rings. The molecule has 0 aliphatic carbocycles. The fourth-order valence-corrected chi connectivity index (χ4v) is 3.36. The van der Waals surface area contributed by atoms with Crippen LogP contribution in [0.25, 0.3) is 0 Å². The first kappa shape index (κ1) is 24.6. The molecule has 2 N–H and O–H groups in total. The van der Waals surface area contributed by atoms with Gasteiger partial charge in [-0.2, -0.15) is 0 Å². The number of rotatable bonds is 11. The number of hydrogen-bond acceptors (Lipinski definition) is 5. The highest BCUT2D eigenvalue weighted by Gasteiger charge is 2.12. The summed E-state index contributed by atoms with van der Waals surface area (Å²) in [5.41, 5.74) is 1.54. The van der Waals surface area contributed by atoms with Gasteiger partial charge in [0, 0.05) is 50.8 Å². The number of benzene rings is 2. The van der Waals surface area contributed by atoms with E-state index in [0.717, 1.165) is 30.8 Å². The van der Waals surface area contributed by atoms with Gasteiger partial charge in [0.25, 0.3) is 0 Å². The average Bonchev–Trinajstić information content (AvgIpc) is 2.81. The zero-order valence-corrected chi connectivity index (χ0v) is 18.4. The number of anilines is 1. The van der Waals surface area contributed by atoms with Gasteiger partial charge in [-0.25, -0.2) is 8.78 Å². The van der Waals surface area contributed by atoms with Crippen molar-refractivity contribution < 1.29 is 27.8 Å². The van der Waals surface area contributed by atoms with E-state index in [0.29, 0.717) is 44.8 Å². The second-order valence-electron chi connectivity index (χ2n) is 7.76. The summed E-state index contributed by atoms with van der Waals surface area (Å²) in [6.07, 6.45) is 1.01. The maximum absolute atomic E-state index is 13.5. The summed E-state index contributed by atoms with van der Waals surface area (Å²) in [6.45, 7) is 4.26. The Morgan fingerprint density at radius 1 is 1.03 bits per heavy atom. The van der Waals surface area contributed by atoms with E-state index < -0.39 is 11.6 Å². The number of nitrogens with one attached hydrogen (secondary N) is 2. The van der Waals surface area contributed by atoms with Crippen molar-refractivity contribution in [3.8, 4) is 5.75 Å². The predicted octanol–water partition coefficient (Wildman–Crippen LogP) is 3.10. The highest BCUT2D eigenvalue weighted by Crippen LogP contribution is 2.18. The second kappa shape index (κ2) is 12.9. The molecule has 33 heavy (non-hydrogen) atoms. The molecule has 0 atom stereocenters. The summed E-state index contributed by atoms with van der Waals surface area (Å²) < 4.78 is 36.9. The molecule has 0 spiro atoms. The minimum Gasteiger partial charge on any atom is -0.491 e. The maximum Gasteiger partial charge on any atom is 0.225 e. The van der Waals surface area contributed by atoms with Gasteiger partial charge < -0.3 is 20.1 Å². The molecule has 2 aromatic rings. The topological polar surface area (TPSA) is 79.9 Å². The lowest BCUT2D eigenvalue weighted by atomic mass is 10.2. The molecule has 2 aromatic carbocycles. The lowest BCUT2D eigenvalue weighted by Gasteiger charge is -2.26. The van der Waals surface area contributed by atoms with E-state index in [-0.39, 0.29) is 30.6 Å². The summed E-state index contributed by atoms with van der Waals surface area (Å²) in [5, 5.41) is 5.71. The Labute approximate surface area is 192 Å². The molecule has 1 aliphatic heterocycles. The predicted molar refractivity (Wildman–Crippen MR) is 120 cm³/mol. The Morgan fingerprint density at radius 2 is 1.85 bits per heavy atom. The van der Waals surface area contributed by atoms with Crippen molar-refractivity contribution >= 4 is 17.5 Å². The molecule has 7 nitrogen and oxygen atoms in total. The van der Waals surface area contributed by atoms with Crippen LogP contribution in [0.3, 0.4) is 0 Å². The number of morpholine rings is 1. The first-order valence-corrected chi connectivity index (χ1v) is 11.0. The first-order chi connectivity index (χ1) is 16.0. The van der Waals surface area contributed by atoms with Crippen molar-refractivity contribution in [1.82, 2.24) is 10.2 Å². The fraction of sp³-hybridized carbons (Fsp3) is 0.417. The normalized spacial score (nSPS) is 14.0. The van der Waals surface area contributed by atoms with Crippen molar-refractivity contribution in [3.05, 3.63) is 59.7 Å². The number of carbonyl (C=O) groups excluding carboxylic acids is 2. The number of ether oxygens (including phenoxy) is 2. The van der Waals surface area contributed by atoms with Crippen molar-refractivity contribution in [3.63, 3.8) is 0 Å². The van der Waals surface area contributed by atoms with Gasteiger partial charge in [-0.3, -0.25) is 14.5 Å². The Bertz CT molecular complexity index is 936.